The number of carbonyl (C=O) groups excluding carboxylic acids is 1. The Labute approximate surface area is 159 Å². The van der Waals surface area contributed by atoms with Crippen molar-refractivity contribution in [2.75, 3.05) is 32.7 Å². The van der Waals surface area contributed by atoms with Crippen LogP contribution >= 0.6 is 23.3 Å². The lowest BCUT2D eigenvalue weighted by Crippen LogP contribution is -2.24. The van der Waals surface area contributed by atoms with Crippen LogP contribution in [0.4, 0.5) is 9.52 Å². The molecule has 2 rings (SSSR count). The van der Waals surface area contributed by atoms with Gasteiger partial charge in [-0.05, 0) is 31.1 Å². The van der Waals surface area contributed by atoms with Crippen molar-refractivity contribution in [3.05, 3.63) is 41.2 Å². The molecule has 0 saturated heterocycles. The van der Waals surface area contributed by atoms with Crippen molar-refractivity contribution in [2.45, 2.75) is 11.3 Å². The third kappa shape index (κ3) is 6.37. The number of carbonyl (C=O) groups is 1. The first-order valence-corrected chi connectivity index (χ1v) is 9.33. The minimum absolute atomic E-state index is 0.0824. The molecule has 0 spiro atoms. The SMILES string of the molecule is CNSc1ccc(/C(=N\OCCCOC)C(=O)Nc2ncc(F)s2)cc1. The Kier molecular flexibility index (Phi) is 8.48. The number of oxime groups is 1. The summed E-state index contributed by atoms with van der Waals surface area (Å²) in [6.45, 7) is 0.843. The van der Waals surface area contributed by atoms with Crippen molar-refractivity contribution in [1.29, 1.82) is 0 Å². The third-order valence-corrected chi connectivity index (χ3v) is 4.41. The first kappa shape index (κ1) is 20.3. The van der Waals surface area contributed by atoms with E-state index in [0.717, 1.165) is 22.4 Å². The molecule has 7 nitrogen and oxygen atoms in total. The number of nitrogens with one attached hydrogen (secondary N) is 2. The van der Waals surface area contributed by atoms with Crippen LogP contribution in [0.5, 0.6) is 0 Å². The van der Waals surface area contributed by atoms with Crippen LogP contribution in [-0.2, 0) is 14.4 Å². The average Bonchev–Trinajstić information content (AvgIpc) is 3.04. The van der Waals surface area contributed by atoms with E-state index in [4.69, 9.17) is 9.57 Å². The minimum Gasteiger partial charge on any atom is -0.395 e. The van der Waals surface area contributed by atoms with E-state index in [0.29, 0.717) is 25.2 Å². The molecule has 26 heavy (non-hydrogen) atoms. The Morgan fingerprint density at radius 3 is 2.73 bits per heavy atom. The molecule has 10 heteroatoms. The Hall–Kier alpha value is -2.01. The fraction of sp³-hybridized carbons (Fsp3) is 0.312. The second-order valence-electron chi connectivity index (χ2n) is 4.87. The quantitative estimate of drug-likeness (QED) is 0.277. The molecule has 0 radical (unpaired) electrons. The minimum atomic E-state index is -0.528. The number of amides is 1. The van der Waals surface area contributed by atoms with Gasteiger partial charge in [0, 0.05) is 30.6 Å². The van der Waals surface area contributed by atoms with E-state index in [1.165, 1.54) is 11.9 Å². The van der Waals surface area contributed by atoms with Gasteiger partial charge in [-0.1, -0.05) is 28.6 Å². The summed E-state index contributed by atoms with van der Waals surface area (Å²) >= 11 is 2.19. The molecule has 0 aliphatic carbocycles. The monoisotopic (exact) mass is 398 g/mol. The van der Waals surface area contributed by atoms with Gasteiger partial charge in [0.15, 0.2) is 16.0 Å². The number of halogens is 1. The molecule has 0 unspecified atom stereocenters. The number of hydrogen-bond donors (Lipinski definition) is 2. The lowest BCUT2D eigenvalue weighted by molar-refractivity contribution is -0.110. The first-order valence-electron chi connectivity index (χ1n) is 7.69. The lowest BCUT2D eigenvalue weighted by atomic mass is 10.1. The van der Waals surface area contributed by atoms with E-state index in [1.54, 1.807) is 19.2 Å². The molecule has 0 saturated carbocycles. The molecule has 2 aromatic rings. The smallest absolute Gasteiger partial charge is 0.280 e. The highest BCUT2D eigenvalue weighted by atomic mass is 32.2. The van der Waals surface area contributed by atoms with E-state index in [-0.39, 0.29) is 10.8 Å². The number of aromatic nitrogens is 1. The largest absolute Gasteiger partial charge is 0.395 e. The number of thiazole rings is 1. The molecular formula is C16H19FN4O3S2. The van der Waals surface area contributed by atoms with E-state index >= 15 is 0 Å². The van der Waals surface area contributed by atoms with E-state index in [1.807, 2.05) is 19.2 Å². The Morgan fingerprint density at radius 2 is 2.12 bits per heavy atom. The summed E-state index contributed by atoms with van der Waals surface area (Å²) < 4.78 is 21.0. The molecule has 0 bridgehead atoms. The van der Waals surface area contributed by atoms with Gasteiger partial charge in [-0.2, -0.15) is 4.39 Å². The van der Waals surface area contributed by atoms with Gasteiger partial charge >= 0.3 is 0 Å². The predicted molar refractivity (Wildman–Crippen MR) is 101 cm³/mol. The van der Waals surface area contributed by atoms with Crippen molar-refractivity contribution < 1.29 is 18.8 Å². The van der Waals surface area contributed by atoms with Crippen LogP contribution in [0.1, 0.15) is 12.0 Å². The van der Waals surface area contributed by atoms with E-state index in [2.05, 4.69) is 20.2 Å². The van der Waals surface area contributed by atoms with Gasteiger partial charge in [0.25, 0.3) is 5.91 Å². The van der Waals surface area contributed by atoms with Crippen molar-refractivity contribution in [3.8, 4) is 0 Å². The maximum atomic E-state index is 13.1. The molecule has 140 valence electrons. The maximum Gasteiger partial charge on any atom is 0.280 e. The van der Waals surface area contributed by atoms with Crippen LogP contribution in [0.15, 0.2) is 40.5 Å². The van der Waals surface area contributed by atoms with Crippen LogP contribution in [0.3, 0.4) is 0 Å². The summed E-state index contributed by atoms with van der Waals surface area (Å²) in [7, 11) is 3.42. The Morgan fingerprint density at radius 1 is 1.35 bits per heavy atom. The summed E-state index contributed by atoms with van der Waals surface area (Å²) in [5.74, 6) is -0.528. The van der Waals surface area contributed by atoms with Crippen LogP contribution < -0.4 is 10.0 Å². The zero-order chi connectivity index (χ0) is 18.8. The first-order chi connectivity index (χ1) is 12.6. The second kappa shape index (κ2) is 10.9. The van der Waals surface area contributed by atoms with Crippen molar-refractivity contribution in [3.63, 3.8) is 0 Å². The van der Waals surface area contributed by atoms with Crippen molar-refractivity contribution in [1.82, 2.24) is 9.71 Å². The third-order valence-electron chi connectivity index (χ3n) is 3.00. The Balaban J connectivity index is 2.14. The molecule has 2 N–H and O–H groups in total. The van der Waals surface area contributed by atoms with Crippen molar-refractivity contribution >= 4 is 40.0 Å². The highest BCUT2D eigenvalue weighted by Gasteiger charge is 2.17. The number of ether oxygens (including phenoxy) is 1. The van der Waals surface area contributed by atoms with Gasteiger partial charge in [-0.3, -0.25) is 14.8 Å². The number of anilines is 1. The molecule has 1 amide bonds. The van der Waals surface area contributed by atoms with E-state index < -0.39 is 11.0 Å². The fourth-order valence-electron chi connectivity index (χ4n) is 1.87. The van der Waals surface area contributed by atoms with Gasteiger partial charge < -0.3 is 9.57 Å². The highest BCUT2D eigenvalue weighted by Crippen LogP contribution is 2.18. The molecule has 0 fully saturated rings. The van der Waals surface area contributed by atoms with E-state index in [9.17, 15) is 9.18 Å². The van der Waals surface area contributed by atoms with Crippen LogP contribution in [0.25, 0.3) is 0 Å². The van der Waals surface area contributed by atoms with Gasteiger partial charge in [0.2, 0.25) is 0 Å². The van der Waals surface area contributed by atoms with Crippen LogP contribution in [-0.4, -0.2) is 44.0 Å². The molecule has 0 atom stereocenters. The molecule has 0 aliphatic rings. The molecular weight excluding hydrogens is 379 g/mol. The van der Waals surface area contributed by atoms with Gasteiger partial charge in [-0.25, -0.2) is 4.98 Å². The van der Waals surface area contributed by atoms with Gasteiger partial charge in [-0.15, -0.1) is 0 Å². The molecule has 1 aromatic carbocycles. The van der Waals surface area contributed by atoms with Crippen molar-refractivity contribution in [2.24, 2.45) is 5.16 Å². The summed E-state index contributed by atoms with van der Waals surface area (Å²) in [5, 5.41) is 6.15. The average molecular weight is 398 g/mol. The number of nitrogens with zero attached hydrogens (tertiary/aromatic N) is 2. The summed E-state index contributed by atoms with van der Waals surface area (Å²) in [6, 6.07) is 7.23. The number of rotatable bonds is 10. The molecule has 0 aliphatic heterocycles. The Bertz CT molecular complexity index is 737. The van der Waals surface area contributed by atoms with Crippen LogP contribution in [0, 0.1) is 5.13 Å². The topological polar surface area (TPSA) is 84.8 Å². The fourth-order valence-corrected chi connectivity index (χ4v) is 2.92. The highest BCUT2D eigenvalue weighted by molar-refractivity contribution is 7.97. The zero-order valence-electron chi connectivity index (χ0n) is 14.3. The summed E-state index contributed by atoms with van der Waals surface area (Å²) in [5.41, 5.74) is 0.658. The lowest BCUT2D eigenvalue weighted by Gasteiger charge is -2.08. The molecule has 1 heterocycles. The second-order valence-corrected chi connectivity index (χ2v) is 6.94. The number of benzene rings is 1. The van der Waals surface area contributed by atoms with Gasteiger partial charge in [0.1, 0.15) is 6.61 Å². The summed E-state index contributed by atoms with van der Waals surface area (Å²) in [4.78, 5) is 22.5. The maximum absolute atomic E-state index is 13.1. The predicted octanol–water partition coefficient (Wildman–Crippen LogP) is 2.90. The van der Waals surface area contributed by atoms with Gasteiger partial charge in [0.05, 0.1) is 6.20 Å². The number of hydrogen-bond acceptors (Lipinski definition) is 8. The zero-order valence-corrected chi connectivity index (χ0v) is 16.0. The normalized spacial score (nSPS) is 11.4. The summed E-state index contributed by atoms with van der Waals surface area (Å²) in [6.07, 6.45) is 1.69. The molecule has 1 aromatic heterocycles. The number of methoxy groups -OCH3 is 1. The van der Waals surface area contributed by atoms with Crippen LogP contribution in [0.2, 0.25) is 0 Å². The standard InChI is InChI=1S/C16H19FN4O3S2/c1-18-26-12-6-4-11(5-7-12)14(21-24-9-3-8-23-2)15(22)20-16-19-10-13(17)25-16/h4-7,10,18H,3,8-9H2,1-2H3,(H,19,20,22)/b21-14+.